The summed E-state index contributed by atoms with van der Waals surface area (Å²) in [7, 11) is 0. The number of benzene rings is 11. The molecule has 2 aromatic heterocycles. The summed E-state index contributed by atoms with van der Waals surface area (Å²) in [4.78, 5) is 0. The van der Waals surface area contributed by atoms with E-state index in [1.807, 2.05) is 0 Å². The van der Waals surface area contributed by atoms with Crippen LogP contribution in [0.2, 0.25) is 0 Å². The van der Waals surface area contributed by atoms with Crippen molar-refractivity contribution in [1.29, 1.82) is 0 Å². The first-order valence-corrected chi connectivity index (χ1v) is 20.5. The quantitative estimate of drug-likeness (QED) is 0.167. The Bertz CT molecular complexity index is 3900. The summed E-state index contributed by atoms with van der Waals surface area (Å²) in [5.41, 5.74) is 12.8. The Kier molecular flexibility index (Phi) is 7.05. The Hall–Kier alpha value is -7.94. The van der Waals surface area contributed by atoms with Gasteiger partial charge in [0, 0.05) is 21.5 Å². The van der Waals surface area contributed by atoms with Crippen molar-refractivity contribution in [1.82, 2.24) is 0 Å². The summed E-state index contributed by atoms with van der Waals surface area (Å²) in [5.74, 6) is 0. The second-order valence-corrected chi connectivity index (χ2v) is 16.1. The standard InChI is InChI=1S/C58H34O2/c1-2-9-36-28-41(17-16-35(36)8-1)43-22-26-55-53(32-43)50-24-25-51-54-33-44(23-27-56(54)60-58(51)57(50)59-55)42-21-20-39-29-38(18-19-40(39)30-42)37-11-7-12-45(31-37)52-34-46-10-3-4-13-47(46)48-14-5-6-15-49(48)52/h1-34H. The highest BCUT2D eigenvalue weighted by molar-refractivity contribution is 6.20. The van der Waals surface area contributed by atoms with Gasteiger partial charge in [0.25, 0.3) is 0 Å². The fourth-order valence-electron chi connectivity index (χ4n) is 9.56. The molecule has 0 aliphatic carbocycles. The minimum atomic E-state index is 0.784. The summed E-state index contributed by atoms with van der Waals surface area (Å²) in [6.45, 7) is 0. The SMILES string of the molecule is c1cc(-c2ccc3cc(-c4ccc5oc6c(ccc7c8cc(-c9ccc%10ccccc%10c9)ccc8oc76)c5c4)ccc3c2)cc(-c2cc3ccccc3c3ccccc23)c1. The maximum Gasteiger partial charge on any atom is 0.178 e. The molecule has 0 radical (unpaired) electrons. The van der Waals surface area contributed by atoms with Gasteiger partial charge in [0.15, 0.2) is 11.2 Å². The highest BCUT2D eigenvalue weighted by Gasteiger charge is 2.18. The second-order valence-electron chi connectivity index (χ2n) is 16.1. The molecule has 0 N–H and O–H groups in total. The van der Waals surface area contributed by atoms with Gasteiger partial charge in [-0.2, -0.15) is 0 Å². The highest BCUT2D eigenvalue weighted by Crippen LogP contribution is 2.42. The van der Waals surface area contributed by atoms with Gasteiger partial charge in [0.05, 0.1) is 0 Å². The fourth-order valence-corrected chi connectivity index (χ4v) is 9.56. The lowest BCUT2D eigenvalue weighted by Crippen LogP contribution is -1.86. The van der Waals surface area contributed by atoms with Gasteiger partial charge in [0.1, 0.15) is 11.2 Å². The van der Waals surface area contributed by atoms with Crippen LogP contribution >= 0.6 is 0 Å². The van der Waals surface area contributed by atoms with Crippen LogP contribution in [-0.4, -0.2) is 0 Å². The van der Waals surface area contributed by atoms with E-state index >= 15 is 0 Å². The predicted molar refractivity (Wildman–Crippen MR) is 253 cm³/mol. The molecule has 0 spiro atoms. The smallest absolute Gasteiger partial charge is 0.178 e. The molecule has 0 saturated heterocycles. The molecule has 0 amide bonds. The van der Waals surface area contributed by atoms with E-state index in [0.717, 1.165) is 55.0 Å². The summed E-state index contributed by atoms with van der Waals surface area (Å²) >= 11 is 0. The van der Waals surface area contributed by atoms with Crippen LogP contribution in [0.15, 0.2) is 215 Å². The first kappa shape index (κ1) is 33.1. The Morgan fingerprint density at radius 2 is 0.667 bits per heavy atom. The van der Waals surface area contributed by atoms with Crippen molar-refractivity contribution in [3.8, 4) is 44.5 Å². The predicted octanol–water partition coefficient (Wildman–Crippen LogP) is 16.8. The normalized spacial score (nSPS) is 12.0. The zero-order valence-corrected chi connectivity index (χ0v) is 32.4. The summed E-state index contributed by atoms with van der Waals surface area (Å²) in [6, 6.07) is 74.8. The van der Waals surface area contributed by atoms with Gasteiger partial charge < -0.3 is 8.83 Å². The molecule has 2 nitrogen and oxygen atoms in total. The molecular formula is C58H34O2. The third-order valence-corrected chi connectivity index (χ3v) is 12.6. The van der Waals surface area contributed by atoms with E-state index in [2.05, 4.69) is 206 Å². The third-order valence-electron chi connectivity index (χ3n) is 12.6. The molecular weight excluding hydrogens is 729 g/mol. The zero-order chi connectivity index (χ0) is 39.3. The van der Waals surface area contributed by atoms with Crippen LogP contribution in [0.1, 0.15) is 0 Å². The fraction of sp³-hybridized carbons (Fsp3) is 0. The van der Waals surface area contributed by atoms with Crippen LogP contribution in [0.4, 0.5) is 0 Å². The lowest BCUT2D eigenvalue weighted by Gasteiger charge is -2.13. The van der Waals surface area contributed by atoms with Gasteiger partial charge in [0.2, 0.25) is 0 Å². The Labute approximate surface area is 345 Å². The summed E-state index contributed by atoms with van der Waals surface area (Å²) in [6.07, 6.45) is 0. The number of rotatable bonds is 4. The van der Waals surface area contributed by atoms with Crippen molar-refractivity contribution in [2.24, 2.45) is 0 Å². The second kappa shape index (κ2) is 12.8. The van der Waals surface area contributed by atoms with Crippen molar-refractivity contribution >= 4 is 87.0 Å². The molecule has 278 valence electrons. The van der Waals surface area contributed by atoms with E-state index in [1.54, 1.807) is 0 Å². The van der Waals surface area contributed by atoms with E-state index in [0.29, 0.717) is 0 Å². The number of fused-ring (bicyclic) bond motifs is 12. The van der Waals surface area contributed by atoms with Crippen molar-refractivity contribution in [3.05, 3.63) is 206 Å². The number of hydrogen-bond acceptors (Lipinski definition) is 2. The van der Waals surface area contributed by atoms with E-state index in [9.17, 15) is 0 Å². The summed E-state index contributed by atoms with van der Waals surface area (Å²) in [5, 5.41) is 14.3. The van der Waals surface area contributed by atoms with Crippen molar-refractivity contribution in [2.75, 3.05) is 0 Å². The van der Waals surface area contributed by atoms with Crippen LogP contribution in [0.5, 0.6) is 0 Å². The molecule has 0 fully saturated rings. The highest BCUT2D eigenvalue weighted by atomic mass is 16.4. The Balaban J connectivity index is 0.842. The molecule has 0 unspecified atom stereocenters. The van der Waals surface area contributed by atoms with Crippen LogP contribution in [0.25, 0.3) is 131 Å². The zero-order valence-electron chi connectivity index (χ0n) is 32.4. The third kappa shape index (κ3) is 5.14. The largest absolute Gasteiger partial charge is 0.452 e. The van der Waals surface area contributed by atoms with Crippen molar-refractivity contribution in [2.45, 2.75) is 0 Å². The lowest BCUT2D eigenvalue weighted by atomic mass is 9.91. The summed E-state index contributed by atoms with van der Waals surface area (Å²) < 4.78 is 13.1. The van der Waals surface area contributed by atoms with Crippen LogP contribution in [0, 0.1) is 0 Å². The molecule has 13 rings (SSSR count). The van der Waals surface area contributed by atoms with Gasteiger partial charge in [-0.3, -0.25) is 0 Å². The Morgan fingerprint density at radius 1 is 0.217 bits per heavy atom. The molecule has 11 aromatic carbocycles. The van der Waals surface area contributed by atoms with E-state index < -0.39 is 0 Å². The van der Waals surface area contributed by atoms with Gasteiger partial charge in [-0.25, -0.2) is 0 Å². The molecule has 0 aliphatic heterocycles. The average molecular weight is 763 g/mol. The van der Waals surface area contributed by atoms with Crippen LogP contribution < -0.4 is 0 Å². The molecule has 0 bridgehead atoms. The van der Waals surface area contributed by atoms with E-state index in [4.69, 9.17) is 8.83 Å². The molecule has 2 heteroatoms. The van der Waals surface area contributed by atoms with E-state index in [-0.39, 0.29) is 0 Å². The minimum Gasteiger partial charge on any atom is -0.452 e. The van der Waals surface area contributed by atoms with Crippen LogP contribution in [-0.2, 0) is 0 Å². The van der Waals surface area contributed by atoms with Crippen LogP contribution in [0.3, 0.4) is 0 Å². The topological polar surface area (TPSA) is 26.3 Å². The first-order valence-electron chi connectivity index (χ1n) is 20.5. The Morgan fingerprint density at radius 3 is 1.30 bits per heavy atom. The molecule has 2 heterocycles. The minimum absolute atomic E-state index is 0.784. The van der Waals surface area contributed by atoms with E-state index in [1.165, 1.54) is 76.5 Å². The molecule has 13 aromatic rings. The maximum absolute atomic E-state index is 6.56. The molecule has 0 aliphatic rings. The van der Waals surface area contributed by atoms with Gasteiger partial charge in [-0.1, -0.05) is 140 Å². The monoisotopic (exact) mass is 762 g/mol. The van der Waals surface area contributed by atoms with Crippen molar-refractivity contribution < 1.29 is 8.83 Å². The first-order chi connectivity index (χ1) is 29.7. The van der Waals surface area contributed by atoms with Gasteiger partial charge in [-0.15, -0.1) is 0 Å². The van der Waals surface area contributed by atoms with Crippen molar-refractivity contribution in [3.63, 3.8) is 0 Å². The number of hydrogen-bond donors (Lipinski definition) is 0. The molecule has 0 saturated carbocycles. The number of furan rings is 2. The average Bonchev–Trinajstić information content (AvgIpc) is 3.89. The molecule has 0 atom stereocenters. The molecule has 60 heavy (non-hydrogen) atoms. The maximum atomic E-state index is 6.56. The van der Waals surface area contributed by atoms with Gasteiger partial charge >= 0.3 is 0 Å². The lowest BCUT2D eigenvalue weighted by molar-refractivity contribution is 0.633. The van der Waals surface area contributed by atoms with Gasteiger partial charge in [-0.05, 0) is 154 Å².